The quantitative estimate of drug-likeness (QED) is 0.890. The van der Waals surface area contributed by atoms with Crippen LogP contribution in [0.3, 0.4) is 0 Å². The van der Waals surface area contributed by atoms with Crippen molar-refractivity contribution in [3.05, 3.63) is 17.8 Å². The molecule has 19 heavy (non-hydrogen) atoms. The van der Waals surface area contributed by atoms with Crippen molar-refractivity contribution in [1.82, 2.24) is 9.88 Å². The van der Waals surface area contributed by atoms with Crippen LogP contribution in [-0.4, -0.2) is 34.7 Å². The van der Waals surface area contributed by atoms with Gasteiger partial charge in [-0.15, -0.1) is 0 Å². The minimum atomic E-state index is -0.127. The number of rotatable bonds is 5. The number of nitrogens with zero attached hydrogens (tertiary/aromatic N) is 2. The van der Waals surface area contributed by atoms with Crippen LogP contribution in [0.2, 0.25) is 0 Å². The highest BCUT2D eigenvalue weighted by molar-refractivity contribution is 5.10. The van der Waals surface area contributed by atoms with Crippen molar-refractivity contribution >= 4 is 0 Å². The Hall–Kier alpha value is -0.870. The molecule has 0 amide bonds. The van der Waals surface area contributed by atoms with Gasteiger partial charge in [-0.2, -0.15) is 0 Å². The maximum Gasteiger partial charge on any atom is 0.181 e. The normalized spacial score (nSPS) is 24.3. The molecule has 1 aliphatic rings. The van der Waals surface area contributed by atoms with Crippen LogP contribution in [0.4, 0.5) is 0 Å². The molecule has 4 heteroatoms. The van der Waals surface area contributed by atoms with Crippen molar-refractivity contribution in [3.63, 3.8) is 0 Å². The zero-order valence-corrected chi connectivity index (χ0v) is 12.3. The van der Waals surface area contributed by atoms with Gasteiger partial charge in [0, 0.05) is 19.0 Å². The molecule has 1 aromatic rings. The van der Waals surface area contributed by atoms with E-state index in [1.54, 1.807) is 0 Å². The molecule has 1 fully saturated rings. The van der Waals surface area contributed by atoms with Crippen LogP contribution >= 0.6 is 0 Å². The second-order valence-electron chi connectivity index (χ2n) is 6.13. The fourth-order valence-corrected chi connectivity index (χ4v) is 2.99. The minimum absolute atomic E-state index is 0.127. The van der Waals surface area contributed by atoms with Gasteiger partial charge in [-0.25, -0.2) is 4.98 Å². The minimum Gasteiger partial charge on any atom is -0.448 e. The largest absolute Gasteiger partial charge is 0.448 e. The van der Waals surface area contributed by atoms with Gasteiger partial charge < -0.3 is 14.4 Å². The van der Waals surface area contributed by atoms with Crippen LogP contribution < -0.4 is 0 Å². The average molecular weight is 266 g/mol. The SMILES string of the molecule is CC(C)c1ocnc1CN(C)CC1CCCCC1O. The molecule has 1 aliphatic carbocycles. The molecular formula is C15H26N2O2. The first kappa shape index (κ1) is 14.5. The highest BCUT2D eigenvalue weighted by Gasteiger charge is 2.24. The monoisotopic (exact) mass is 266 g/mol. The lowest BCUT2D eigenvalue weighted by atomic mass is 9.86. The topological polar surface area (TPSA) is 49.5 Å². The van der Waals surface area contributed by atoms with E-state index in [4.69, 9.17) is 4.42 Å². The summed E-state index contributed by atoms with van der Waals surface area (Å²) in [5.74, 6) is 1.76. The molecule has 0 bridgehead atoms. The first-order valence-electron chi connectivity index (χ1n) is 7.36. The van der Waals surface area contributed by atoms with E-state index in [2.05, 4.69) is 30.8 Å². The summed E-state index contributed by atoms with van der Waals surface area (Å²) < 4.78 is 5.45. The average Bonchev–Trinajstić information content (AvgIpc) is 2.80. The highest BCUT2D eigenvalue weighted by Crippen LogP contribution is 2.26. The third-order valence-corrected chi connectivity index (χ3v) is 4.03. The summed E-state index contributed by atoms with van der Waals surface area (Å²) in [6, 6.07) is 0. The van der Waals surface area contributed by atoms with Crippen molar-refractivity contribution in [1.29, 1.82) is 0 Å². The van der Waals surface area contributed by atoms with Gasteiger partial charge in [0.1, 0.15) is 5.76 Å². The van der Waals surface area contributed by atoms with Crippen molar-refractivity contribution < 1.29 is 9.52 Å². The molecule has 2 atom stereocenters. The molecule has 0 aromatic carbocycles. The molecule has 1 heterocycles. The van der Waals surface area contributed by atoms with Gasteiger partial charge in [-0.05, 0) is 25.8 Å². The molecule has 1 N–H and O–H groups in total. The molecule has 1 aromatic heterocycles. The fraction of sp³-hybridized carbons (Fsp3) is 0.800. The molecule has 2 unspecified atom stereocenters. The Morgan fingerprint density at radius 2 is 2.16 bits per heavy atom. The van der Waals surface area contributed by atoms with E-state index in [9.17, 15) is 5.11 Å². The molecule has 0 saturated heterocycles. The number of aromatic nitrogens is 1. The molecule has 4 nitrogen and oxygen atoms in total. The molecule has 108 valence electrons. The van der Waals surface area contributed by atoms with E-state index in [-0.39, 0.29) is 6.10 Å². The number of aliphatic hydroxyl groups excluding tert-OH is 1. The smallest absolute Gasteiger partial charge is 0.181 e. The zero-order valence-electron chi connectivity index (χ0n) is 12.3. The maximum atomic E-state index is 10.0. The van der Waals surface area contributed by atoms with Gasteiger partial charge in [0.15, 0.2) is 6.39 Å². The Morgan fingerprint density at radius 3 is 2.84 bits per heavy atom. The van der Waals surface area contributed by atoms with Crippen molar-refractivity contribution in [2.45, 2.75) is 58.1 Å². The van der Waals surface area contributed by atoms with Crippen molar-refractivity contribution in [2.24, 2.45) is 5.92 Å². The first-order valence-corrected chi connectivity index (χ1v) is 7.36. The first-order chi connectivity index (χ1) is 9.08. The Labute approximate surface area is 115 Å². The number of hydrogen-bond donors (Lipinski definition) is 1. The van der Waals surface area contributed by atoms with Crippen molar-refractivity contribution in [3.8, 4) is 0 Å². The Morgan fingerprint density at radius 1 is 1.42 bits per heavy atom. The second kappa shape index (κ2) is 6.53. The van der Waals surface area contributed by atoms with E-state index in [1.807, 2.05) is 0 Å². The summed E-state index contributed by atoms with van der Waals surface area (Å²) in [5, 5.41) is 10.0. The fourth-order valence-electron chi connectivity index (χ4n) is 2.99. The lowest BCUT2D eigenvalue weighted by molar-refractivity contribution is 0.0499. The molecule has 1 saturated carbocycles. The summed E-state index contributed by atoms with van der Waals surface area (Å²) in [6.07, 6.45) is 5.92. The standard InChI is InChI=1S/C15H26N2O2/c1-11(2)15-13(16-10-19-15)9-17(3)8-12-6-4-5-7-14(12)18/h10-12,14,18H,4-9H2,1-3H3. The lowest BCUT2D eigenvalue weighted by Crippen LogP contribution is -2.35. The lowest BCUT2D eigenvalue weighted by Gasteiger charge is -2.31. The van der Waals surface area contributed by atoms with Crippen molar-refractivity contribution in [2.75, 3.05) is 13.6 Å². The predicted molar refractivity (Wildman–Crippen MR) is 74.9 cm³/mol. The van der Waals surface area contributed by atoms with Crippen LogP contribution in [0.5, 0.6) is 0 Å². The molecule has 2 rings (SSSR count). The number of hydrogen-bond acceptors (Lipinski definition) is 4. The second-order valence-corrected chi connectivity index (χ2v) is 6.13. The predicted octanol–water partition coefficient (Wildman–Crippen LogP) is 2.78. The molecular weight excluding hydrogens is 240 g/mol. The molecule has 0 spiro atoms. The van der Waals surface area contributed by atoms with Crippen LogP contribution in [0.15, 0.2) is 10.8 Å². The van der Waals surface area contributed by atoms with Crippen LogP contribution in [0.1, 0.15) is 56.9 Å². The molecule has 0 radical (unpaired) electrons. The van der Waals surface area contributed by atoms with Gasteiger partial charge in [0.25, 0.3) is 0 Å². The van der Waals surface area contributed by atoms with Gasteiger partial charge in [0.05, 0.1) is 11.8 Å². The van der Waals surface area contributed by atoms with E-state index >= 15 is 0 Å². The van der Waals surface area contributed by atoms with Crippen LogP contribution in [-0.2, 0) is 6.54 Å². The van der Waals surface area contributed by atoms with Gasteiger partial charge in [0.2, 0.25) is 0 Å². The Kier molecular flexibility index (Phi) is 4.99. The van der Waals surface area contributed by atoms with Gasteiger partial charge in [-0.1, -0.05) is 26.7 Å². The summed E-state index contributed by atoms with van der Waals surface area (Å²) in [7, 11) is 2.10. The van der Waals surface area contributed by atoms with Crippen LogP contribution in [0, 0.1) is 5.92 Å². The van der Waals surface area contributed by atoms with E-state index in [1.165, 1.54) is 19.2 Å². The number of oxazole rings is 1. The van der Waals surface area contributed by atoms with E-state index in [0.717, 1.165) is 37.4 Å². The third kappa shape index (κ3) is 3.80. The summed E-state index contributed by atoms with van der Waals surface area (Å²) in [6.45, 7) is 5.97. The Balaban J connectivity index is 1.89. The van der Waals surface area contributed by atoms with E-state index in [0.29, 0.717) is 11.8 Å². The van der Waals surface area contributed by atoms with E-state index < -0.39 is 0 Å². The zero-order chi connectivity index (χ0) is 13.8. The van der Waals surface area contributed by atoms with Crippen LogP contribution in [0.25, 0.3) is 0 Å². The summed E-state index contributed by atoms with van der Waals surface area (Å²) in [4.78, 5) is 6.57. The number of aliphatic hydroxyl groups is 1. The molecule has 0 aliphatic heterocycles. The Bertz CT molecular complexity index is 389. The van der Waals surface area contributed by atoms with Gasteiger partial charge in [-0.3, -0.25) is 0 Å². The summed E-state index contributed by atoms with van der Waals surface area (Å²) in [5.41, 5.74) is 1.03. The third-order valence-electron chi connectivity index (χ3n) is 4.03. The maximum absolute atomic E-state index is 10.0. The highest BCUT2D eigenvalue weighted by atomic mass is 16.3. The summed E-state index contributed by atoms with van der Waals surface area (Å²) >= 11 is 0. The van der Waals surface area contributed by atoms with Gasteiger partial charge >= 0.3 is 0 Å².